The van der Waals surface area contributed by atoms with Crippen LogP contribution in [0, 0.1) is 6.92 Å². The van der Waals surface area contributed by atoms with E-state index in [1.165, 1.54) is 5.56 Å². The number of hydrogen-bond acceptors (Lipinski definition) is 2. The molecule has 0 unspecified atom stereocenters. The molecule has 2 aromatic rings. The molecule has 1 aliphatic heterocycles. The topological polar surface area (TPSA) is 20.3 Å². The van der Waals surface area contributed by atoms with Crippen molar-refractivity contribution in [2.75, 3.05) is 7.05 Å². The van der Waals surface area contributed by atoms with Crippen molar-refractivity contribution in [1.82, 2.24) is 4.90 Å². The molecule has 0 saturated carbocycles. The zero-order valence-electron chi connectivity index (χ0n) is 13.6. The van der Waals surface area contributed by atoms with Gasteiger partial charge >= 0.3 is 0 Å². The molecule has 1 aliphatic rings. The van der Waals surface area contributed by atoms with E-state index in [4.69, 9.17) is 0 Å². The average molecular weight is 291 g/mol. The van der Waals surface area contributed by atoms with Gasteiger partial charge in [-0.25, -0.2) is 0 Å². The van der Waals surface area contributed by atoms with Crippen LogP contribution in [0.2, 0.25) is 0 Å². The number of nitrogens with zero attached hydrogens (tertiary/aromatic N) is 1. The van der Waals surface area contributed by atoms with Crippen LogP contribution in [0.25, 0.3) is 11.3 Å². The normalized spacial score (nSPS) is 17.3. The number of Topliss-reactive ketones (excluding diaryl/α,β-unsaturated/α-hetero) is 1. The van der Waals surface area contributed by atoms with Gasteiger partial charge in [0, 0.05) is 7.05 Å². The first-order valence-electron chi connectivity index (χ1n) is 7.58. The van der Waals surface area contributed by atoms with Crippen molar-refractivity contribution < 1.29 is 4.79 Å². The highest BCUT2D eigenvalue weighted by Gasteiger charge is 2.44. The van der Waals surface area contributed by atoms with Gasteiger partial charge in [-0.2, -0.15) is 0 Å². The van der Waals surface area contributed by atoms with Gasteiger partial charge in [-0.05, 0) is 31.9 Å². The fourth-order valence-corrected chi connectivity index (χ4v) is 2.94. The Morgan fingerprint density at radius 2 is 1.45 bits per heavy atom. The van der Waals surface area contributed by atoms with Crippen molar-refractivity contribution in [3.8, 4) is 0 Å². The first-order chi connectivity index (χ1) is 10.4. The highest BCUT2D eigenvalue weighted by atomic mass is 16.1. The quantitative estimate of drug-likeness (QED) is 0.828. The van der Waals surface area contributed by atoms with Crippen LogP contribution in [0.4, 0.5) is 0 Å². The molecule has 2 aromatic carbocycles. The Morgan fingerprint density at radius 1 is 0.864 bits per heavy atom. The molecule has 0 atom stereocenters. The number of carbonyl (C=O) groups is 1. The number of likely N-dealkylation sites (N-methyl/N-ethyl adjacent to an activating group) is 1. The molecular formula is C20H21NO. The van der Waals surface area contributed by atoms with Gasteiger partial charge in [0.1, 0.15) is 0 Å². The Labute approximate surface area is 132 Å². The van der Waals surface area contributed by atoms with Crippen molar-refractivity contribution in [3.05, 3.63) is 71.3 Å². The SMILES string of the molecule is Cc1ccc(C2=C(c3ccccc3)C(=O)C(C)(C)N2C)cc1. The minimum Gasteiger partial charge on any atom is -0.361 e. The lowest BCUT2D eigenvalue weighted by atomic mass is 9.92. The molecule has 0 spiro atoms. The maximum absolute atomic E-state index is 13.0. The van der Waals surface area contributed by atoms with Crippen molar-refractivity contribution in [3.63, 3.8) is 0 Å². The standard InChI is InChI=1S/C20H21NO/c1-14-10-12-16(13-11-14)18-17(15-8-6-5-7-9-15)19(22)20(2,3)21(18)4/h5-13H,1-4H3. The van der Waals surface area contributed by atoms with Crippen molar-refractivity contribution in [2.24, 2.45) is 0 Å². The second-order valence-electron chi connectivity index (χ2n) is 6.40. The molecule has 0 N–H and O–H groups in total. The Morgan fingerprint density at radius 3 is 2.05 bits per heavy atom. The fraction of sp³-hybridized carbons (Fsp3) is 0.250. The summed E-state index contributed by atoms with van der Waals surface area (Å²) in [7, 11) is 2.00. The monoisotopic (exact) mass is 291 g/mol. The molecule has 0 bridgehead atoms. The smallest absolute Gasteiger partial charge is 0.190 e. The highest BCUT2D eigenvalue weighted by Crippen LogP contribution is 2.42. The van der Waals surface area contributed by atoms with Crippen LogP contribution in [-0.4, -0.2) is 23.3 Å². The minimum absolute atomic E-state index is 0.178. The van der Waals surface area contributed by atoms with Gasteiger partial charge in [0.2, 0.25) is 0 Å². The summed E-state index contributed by atoms with van der Waals surface area (Å²) in [6, 6.07) is 18.3. The maximum Gasteiger partial charge on any atom is 0.190 e. The summed E-state index contributed by atoms with van der Waals surface area (Å²) in [6.45, 7) is 6.04. The summed E-state index contributed by atoms with van der Waals surface area (Å²) in [5.41, 5.74) is 4.60. The van der Waals surface area contributed by atoms with Crippen molar-refractivity contribution in [2.45, 2.75) is 26.3 Å². The van der Waals surface area contributed by atoms with Crippen LogP contribution in [0.3, 0.4) is 0 Å². The minimum atomic E-state index is -0.522. The van der Waals surface area contributed by atoms with E-state index in [9.17, 15) is 4.79 Å². The molecule has 1 heterocycles. The predicted molar refractivity (Wildman–Crippen MR) is 91.3 cm³/mol. The Kier molecular flexibility index (Phi) is 3.40. The van der Waals surface area contributed by atoms with Crippen molar-refractivity contribution >= 4 is 17.1 Å². The maximum atomic E-state index is 13.0. The summed E-state index contributed by atoms with van der Waals surface area (Å²) >= 11 is 0. The summed E-state index contributed by atoms with van der Waals surface area (Å²) in [6.07, 6.45) is 0. The molecule has 0 aromatic heterocycles. The summed E-state index contributed by atoms with van der Waals surface area (Å²) < 4.78 is 0. The average Bonchev–Trinajstić information content (AvgIpc) is 2.70. The van der Waals surface area contributed by atoms with Gasteiger partial charge in [0.25, 0.3) is 0 Å². The number of carbonyl (C=O) groups excluding carboxylic acids is 1. The number of ketones is 1. The Bertz CT molecular complexity index is 739. The lowest BCUT2D eigenvalue weighted by Crippen LogP contribution is -2.41. The molecular weight excluding hydrogens is 270 g/mol. The first-order valence-corrected chi connectivity index (χ1v) is 7.58. The number of hydrogen-bond donors (Lipinski definition) is 0. The van der Waals surface area contributed by atoms with Crippen LogP contribution in [0.1, 0.15) is 30.5 Å². The molecule has 0 amide bonds. The van der Waals surface area contributed by atoms with Crippen LogP contribution >= 0.6 is 0 Å². The largest absolute Gasteiger partial charge is 0.361 e. The number of rotatable bonds is 2. The second-order valence-corrected chi connectivity index (χ2v) is 6.40. The third-order valence-electron chi connectivity index (χ3n) is 4.58. The fourth-order valence-electron chi connectivity index (χ4n) is 2.94. The number of benzene rings is 2. The van der Waals surface area contributed by atoms with E-state index in [2.05, 4.69) is 36.1 Å². The van der Waals surface area contributed by atoms with Crippen LogP contribution in [-0.2, 0) is 4.79 Å². The van der Waals surface area contributed by atoms with E-state index in [1.54, 1.807) is 0 Å². The first kappa shape index (κ1) is 14.6. The molecule has 0 radical (unpaired) electrons. The van der Waals surface area contributed by atoms with E-state index in [1.807, 2.05) is 51.2 Å². The Hall–Kier alpha value is -2.35. The van der Waals surface area contributed by atoms with E-state index in [0.717, 1.165) is 22.4 Å². The zero-order valence-corrected chi connectivity index (χ0v) is 13.6. The lowest BCUT2D eigenvalue weighted by molar-refractivity contribution is -0.119. The van der Waals surface area contributed by atoms with E-state index < -0.39 is 5.54 Å². The molecule has 2 heteroatoms. The van der Waals surface area contributed by atoms with Gasteiger partial charge in [0.05, 0.1) is 16.8 Å². The molecule has 0 aliphatic carbocycles. The third kappa shape index (κ3) is 2.16. The van der Waals surface area contributed by atoms with E-state index >= 15 is 0 Å². The van der Waals surface area contributed by atoms with Crippen LogP contribution in [0.15, 0.2) is 54.6 Å². The lowest BCUT2D eigenvalue weighted by Gasteiger charge is -2.30. The van der Waals surface area contributed by atoms with Crippen LogP contribution < -0.4 is 0 Å². The molecule has 2 nitrogen and oxygen atoms in total. The van der Waals surface area contributed by atoms with Gasteiger partial charge in [-0.15, -0.1) is 0 Å². The van der Waals surface area contributed by atoms with Crippen LogP contribution in [0.5, 0.6) is 0 Å². The van der Waals surface area contributed by atoms with E-state index in [-0.39, 0.29) is 5.78 Å². The third-order valence-corrected chi connectivity index (χ3v) is 4.58. The second kappa shape index (κ2) is 5.13. The number of aryl methyl sites for hydroxylation is 1. The highest BCUT2D eigenvalue weighted by molar-refractivity contribution is 6.34. The Balaban J connectivity index is 2.25. The molecule has 0 fully saturated rings. The molecule has 112 valence electrons. The molecule has 3 rings (SSSR count). The van der Waals surface area contributed by atoms with Gasteiger partial charge < -0.3 is 4.90 Å². The zero-order chi connectivity index (χ0) is 15.9. The van der Waals surface area contributed by atoms with Gasteiger partial charge in [-0.3, -0.25) is 4.79 Å². The van der Waals surface area contributed by atoms with Crippen molar-refractivity contribution in [1.29, 1.82) is 0 Å². The predicted octanol–water partition coefficient (Wildman–Crippen LogP) is 4.16. The van der Waals surface area contributed by atoms with E-state index in [0.29, 0.717) is 0 Å². The summed E-state index contributed by atoms with van der Waals surface area (Å²) in [5.74, 6) is 0.178. The summed E-state index contributed by atoms with van der Waals surface area (Å²) in [5, 5.41) is 0. The van der Waals surface area contributed by atoms with Gasteiger partial charge in [-0.1, -0.05) is 60.2 Å². The van der Waals surface area contributed by atoms with Gasteiger partial charge in [0.15, 0.2) is 5.78 Å². The molecule has 0 saturated heterocycles. The summed E-state index contributed by atoms with van der Waals surface area (Å²) in [4.78, 5) is 15.1. The molecule has 22 heavy (non-hydrogen) atoms.